The van der Waals surface area contributed by atoms with Crippen molar-refractivity contribution in [2.24, 2.45) is 0 Å². The molecule has 0 amide bonds. The molecule has 0 saturated carbocycles. The van der Waals surface area contributed by atoms with E-state index in [2.05, 4.69) is 0 Å². The maximum absolute atomic E-state index is 12.1. The highest BCUT2D eigenvalue weighted by atomic mass is 35.5. The van der Waals surface area contributed by atoms with E-state index in [1.807, 2.05) is 24.3 Å². The third-order valence-corrected chi connectivity index (χ3v) is 3.54. The number of carbonyl (C=O) groups excluding carboxylic acids is 1. The van der Waals surface area contributed by atoms with Crippen molar-refractivity contribution in [2.75, 3.05) is 0 Å². The average molecular weight is 345 g/mol. The molecule has 0 spiro atoms. The molecule has 0 aliphatic carbocycles. The Kier molecular flexibility index (Phi) is 4.24. The van der Waals surface area contributed by atoms with Gasteiger partial charge in [-0.2, -0.15) is 0 Å². The molecular weight excluding hydrogens is 328 g/mol. The van der Waals surface area contributed by atoms with Gasteiger partial charge < -0.3 is 13.9 Å². The minimum atomic E-state index is -0.579. The average Bonchev–Trinajstić information content (AvgIpc) is 2.95. The van der Waals surface area contributed by atoms with Crippen LogP contribution in [0.5, 0.6) is 11.5 Å². The lowest BCUT2D eigenvalue weighted by molar-refractivity contribution is 0.00697. The molecule has 0 bridgehead atoms. The summed E-state index contributed by atoms with van der Waals surface area (Å²) in [5.74, 6) is 0.627. The van der Waals surface area contributed by atoms with Crippen LogP contribution in [0.1, 0.15) is 31.1 Å². The number of halogens is 1. The van der Waals surface area contributed by atoms with Crippen LogP contribution in [-0.4, -0.2) is 11.6 Å². The molecule has 0 N–H and O–H groups in total. The first kappa shape index (κ1) is 16.4. The third kappa shape index (κ3) is 3.54. The van der Waals surface area contributed by atoms with Gasteiger partial charge in [-0.15, -0.1) is 0 Å². The van der Waals surface area contributed by atoms with Crippen molar-refractivity contribution in [3.63, 3.8) is 0 Å². The molecule has 0 fully saturated rings. The van der Waals surface area contributed by atoms with E-state index < -0.39 is 11.6 Å². The van der Waals surface area contributed by atoms with Gasteiger partial charge in [-0.05, 0) is 45.0 Å². The van der Waals surface area contributed by atoms with E-state index in [0.717, 1.165) is 5.39 Å². The van der Waals surface area contributed by atoms with Crippen molar-refractivity contribution in [3.8, 4) is 11.5 Å². The van der Waals surface area contributed by atoms with Crippen LogP contribution >= 0.6 is 11.6 Å². The summed E-state index contributed by atoms with van der Waals surface area (Å²) in [5, 5.41) is 1.22. The summed E-state index contributed by atoms with van der Waals surface area (Å²) < 4.78 is 16.6. The number of ether oxygens (including phenoxy) is 2. The first-order valence-electron chi connectivity index (χ1n) is 7.50. The van der Waals surface area contributed by atoms with E-state index in [1.165, 1.54) is 0 Å². The zero-order chi connectivity index (χ0) is 17.3. The molecule has 0 unspecified atom stereocenters. The van der Waals surface area contributed by atoms with Crippen molar-refractivity contribution in [1.29, 1.82) is 0 Å². The number of fused-ring (bicyclic) bond motifs is 1. The Bertz CT molecular complexity index is 890. The number of carbonyl (C=O) groups is 1. The van der Waals surface area contributed by atoms with Crippen LogP contribution in [0.25, 0.3) is 11.0 Å². The molecule has 5 heteroatoms. The van der Waals surface area contributed by atoms with Gasteiger partial charge in [0, 0.05) is 11.5 Å². The molecule has 0 radical (unpaired) electrons. The molecule has 0 atom stereocenters. The van der Waals surface area contributed by atoms with Crippen LogP contribution in [-0.2, 0) is 4.74 Å². The standard InChI is InChI=1S/C19H17ClO4/c1-19(2,3)24-18(21)14-8-7-13(11-15(14)20)23-16-6-4-5-12-9-10-22-17(12)16/h4-11H,1-3H3. The zero-order valence-corrected chi connectivity index (χ0v) is 14.4. The molecular formula is C19H17ClO4. The summed E-state index contributed by atoms with van der Waals surface area (Å²) in [6, 6.07) is 12.3. The van der Waals surface area contributed by atoms with Gasteiger partial charge >= 0.3 is 5.97 Å². The Hall–Kier alpha value is -2.46. The normalized spacial score (nSPS) is 11.5. The number of furan rings is 1. The smallest absolute Gasteiger partial charge is 0.340 e. The topological polar surface area (TPSA) is 48.7 Å². The van der Waals surface area contributed by atoms with E-state index in [-0.39, 0.29) is 5.02 Å². The molecule has 0 aliphatic heterocycles. The van der Waals surface area contributed by atoms with Crippen LogP contribution in [0.4, 0.5) is 0 Å². The summed E-state index contributed by atoms with van der Waals surface area (Å²) in [7, 11) is 0. The van der Waals surface area contributed by atoms with Crippen molar-refractivity contribution in [3.05, 3.63) is 59.3 Å². The van der Waals surface area contributed by atoms with Crippen LogP contribution < -0.4 is 4.74 Å². The van der Waals surface area contributed by atoms with Crippen molar-refractivity contribution >= 4 is 28.5 Å². The first-order chi connectivity index (χ1) is 11.3. The van der Waals surface area contributed by atoms with Crippen molar-refractivity contribution in [1.82, 2.24) is 0 Å². The SMILES string of the molecule is CC(C)(C)OC(=O)c1ccc(Oc2cccc3ccoc23)cc1Cl. The predicted octanol–water partition coefficient (Wildman–Crippen LogP) is 5.83. The lowest BCUT2D eigenvalue weighted by atomic mass is 10.1. The van der Waals surface area contributed by atoms with Gasteiger partial charge in [-0.1, -0.05) is 23.7 Å². The second-order valence-corrected chi connectivity index (χ2v) is 6.75. The molecule has 1 heterocycles. The summed E-state index contributed by atoms with van der Waals surface area (Å²) >= 11 is 6.21. The quantitative estimate of drug-likeness (QED) is 0.560. The van der Waals surface area contributed by atoms with E-state index in [0.29, 0.717) is 22.6 Å². The second-order valence-electron chi connectivity index (χ2n) is 6.34. The molecule has 2 aromatic carbocycles. The fourth-order valence-corrected chi connectivity index (χ4v) is 2.48. The van der Waals surface area contributed by atoms with Crippen LogP contribution in [0.15, 0.2) is 53.1 Å². The fraction of sp³-hybridized carbons (Fsp3) is 0.211. The van der Waals surface area contributed by atoms with Gasteiger partial charge in [-0.25, -0.2) is 4.79 Å². The number of para-hydroxylation sites is 1. The number of hydrogen-bond donors (Lipinski definition) is 0. The summed E-state index contributed by atoms with van der Waals surface area (Å²) in [6.07, 6.45) is 1.61. The molecule has 4 nitrogen and oxygen atoms in total. The van der Waals surface area contributed by atoms with Crippen LogP contribution in [0, 0.1) is 0 Å². The molecule has 3 aromatic rings. The monoisotopic (exact) mass is 344 g/mol. The van der Waals surface area contributed by atoms with Crippen molar-refractivity contribution < 1.29 is 18.7 Å². The van der Waals surface area contributed by atoms with Crippen molar-refractivity contribution in [2.45, 2.75) is 26.4 Å². The minimum absolute atomic E-state index is 0.272. The predicted molar refractivity (Wildman–Crippen MR) is 92.9 cm³/mol. The number of hydrogen-bond acceptors (Lipinski definition) is 4. The molecule has 3 rings (SSSR count). The number of rotatable bonds is 3. The van der Waals surface area contributed by atoms with E-state index in [9.17, 15) is 4.79 Å². The van der Waals surface area contributed by atoms with E-state index in [4.69, 9.17) is 25.5 Å². The number of benzene rings is 2. The highest BCUT2D eigenvalue weighted by Crippen LogP contribution is 2.32. The van der Waals surface area contributed by atoms with E-state index in [1.54, 1.807) is 45.2 Å². The Morgan fingerprint density at radius 1 is 1.12 bits per heavy atom. The Morgan fingerprint density at radius 2 is 1.92 bits per heavy atom. The Balaban J connectivity index is 1.85. The molecule has 0 saturated heterocycles. The van der Waals surface area contributed by atoms with Gasteiger partial charge in [0.25, 0.3) is 0 Å². The fourth-order valence-electron chi connectivity index (χ4n) is 2.23. The van der Waals surface area contributed by atoms with Gasteiger partial charge in [0.2, 0.25) is 0 Å². The summed E-state index contributed by atoms with van der Waals surface area (Å²) in [5.41, 5.74) is 0.379. The third-order valence-electron chi connectivity index (χ3n) is 3.23. The molecule has 24 heavy (non-hydrogen) atoms. The zero-order valence-electron chi connectivity index (χ0n) is 13.6. The number of esters is 1. The maximum atomic E-state index is 12.1. The highest BCUT2D eigenvalue weighted by molar-refractivity contribution is 6.33. The summed E-state index contributed by atoms with van der Waals surface area (Å²) in [6.45, 7) is 5.42. The molecule has 0 aliphatic rings. The van der Waals surface area contributed by atoms with Gasteiger partial charge in [0.1, 0.15) is 11.4 Å². The Morgan fingerprint density at radius 3 is 2.62 bits per heavy atom. The van der Waals surface area contributed by atoms with Gasteiger partial charge in [0.05, 0.1) is 16.8 Å². The van der Waals surface area contributed by atoms with Gasteiger partial charge in [-0.3, -0.25) is 0 Å². The van der Waals surface area contributed by atoms with Gasteiger partial charge in [0.15, 0.2) is 11.3 Å². The van der Waals surface area contributed by atoms with Crippen LogP contribution in [0.2, 0.25) is 5.02 Å². The van der Waals surface area contributed by atoms with Crippen LogP contribution in [0.3, 0.4) is 0 Å². The summed E-state index contributed by atoms with van der Waals surface area (Å²) in [4.78, 5) is 12.1. The largest absolute Gasteiger partial charge is 0.460 e. The maximum Gasteiger partial charge on any atom is 0.340 e. The van der Waals surface area contributed by atoms with E-state index >= 15 is 0 Å². The Labute approximate surface area is 144 Å². The lowest BCUT2D eigenvalue weighted by Crippen LogP contribution is -2.24. The lowest BCUT2D eigenvalue weighted by Gasteiger charge is -2.20. The second kappa shape index (κ2) is 6.21. The minimum Gasteiger partial charge on any atom is -0.460 e. The highest BCUT2D eigenvalue weighted by Gasteiger charge is 2.20. The first-order valence-corrected chi connectivity index (χ1v) is 7.88. The molecule has 124 valence electrons. The molecule has 1 aromatic heterocycles.